The first-order valence-electron chi connectivity index (χ1n) is 7.46. The van der Waals surface area contributed by atoms with Crippen molar-refractivity contribution >= 4 is 57.0 Å². The lowest BCUT2D eigenvalue weighted by Crippen LogP contribution is -1.87. The van der Waals surface area contributed by atoms with E-state index < -0.39 is 0 Å². The Bertz CT molecular complexity index is 625. The van der Waals surface area contributed by atoms with Crippen LogP contribution in [0, 0.1) is 0 Å². The molecule has 0 atom stereocenters. The van der Waals surface area contributed by atoms with E-state index in [1.54, 1.807) is 0 Å². The Kier molecular flexibility index (Phi) is 8.19. The highest BCUT2D eigenvalue weighted by atomic mass is 127. The zero-order valence-electron chi connectivity index (χ0n) is 13.1. The minimum absolute atomic E-state index is 0. The van der Waals surface area contributed by atoms with Crippen LogP contribution in [0.4, 0.5) is 0 Å². The van der Waals surface area contributed by atoms with Crippen LogP contribution in [0.5, 0.6) is 0 Å². The lowest BCUT2D eigenvalue weighted by Gasteiger charge is -2.08. The van der Waals surface area contributed by atoms with E-state index in [9.17, 15) is 0 Å². The van der Waals surface area contributed by atoms with E-state index >= 15 is 0 Å². The summed E-state index contributed by atoms with van der Waals surface area (Å²) >= 11 is 1.84. The highest BCUT2D eigenvalue weighted by molar-refractivity contribution is 14.0. The van der Waals surface area contributed by atoms with Crippen LogP contribution in [-0.4, -0.2) is 4.98 Å². The van der Waals surface area contributed by atoms with Crippen LogP contribution >= 0.6 is 35.3 Å². The van der Waals surface area contributed by atoms with Crippen LogP contribution in [0.2, 0.25) is 0 Å². The largest absolute Gasteiger partial charge is 0.263 e. The topological polar surface area (TPSA) is 12.9 Å². The number of rotatable bonds is 6. The maximum Gasteiger partial charge on any atom is 0.0538 e. The number of nitrogens with zero attached hydrogens (tertiary/aromatic N) is 1. The van der Waals surface area contributed by atoms with Crippen LogP contribution in [0.3, 0.4) is 0 Å². The van der Waals surface area contributed by atoms with Gasteiger partial charge in [-0.25, -0.2) is 0 Å². The average molecular weight is 413 g/mol. The predicted octanol–water partition coefficient (Wildman–Crippen LogP) is 6.93. The molecule has 0 fully saturated rings. The van der Waals surface area contributed by atoms with E-state index in [0.717, 1.165) is 0 Å². The van der Waals surface area contributed by atoms with Crippen molar-refractivity contribution in [3.63, 3.8) is 0 Å². The third kappa shape index (κ3) is 4.39. The fourth-order valence-electron chi connectivity index (χ4n) is 2.55. The summed E-state index contributed by atoms with van der Waals surface area (Å²) in [5.74, 6) is 0. The molecule has 0 aliphatic carbocycles. The molecule has 0 radical (unpaired) electrons. The molecular weight excluding hydrogens is 389 g/mol. The van der Waals surface area contributed by atoms with E-state index in [4.69, 9.17) is 0 Å². The van der Waals surface area contributed by atoms with Crippen molar-refractivity contribution < 1.29 is 0 Å². The molecule has 0 amide bonds. The number of halogens is 1. The van der Waals surface area contributed by atoms with Gasteiger partial charge in [-0.05, 0) is 44.4 Å². The van der Waals surface area contributed by atoms with Gasteiger partial charge in [0.1, 0.15) is 0 Å². The Morgan fingerprint density at radius 2 is 2.10 bits per heavy atom. The van der Waals surface area contributed by atoms with Gasteiger partial charge in [-0.2, -0.15) is 0 Å². The molecule has 0 saturated carbocycles. The van der Waals surface area contributed by atoms with E-state index in [2.05, 4.69) is 50.0 Å². The quantitative estimate of drug-likeness (QED) is 0.370. The van der Waals surface area contributed by atoms with Gasteiger partial charge in [0, 0.05) is 28.2 Å². The molecule has 0 aromatic carbocycles. The standard InChI is InChI=1S/C18H23NS.HI/c1-4-7-8-10-14(6-3)18-15-11-12-19-13-17(15)20-16(18)9-5-2;/h5-6,9,11-13H,4,7-8,10H2,1-3H3;1H. The second kappa shape index (κ2) is 9.36. The van der Waals surface area contributed by atoms with Gasteiger partial charge in [0.2, 0.25) is 0 Å². The van der Waals surface area contributed by atoms with Gasteiger partial charge in [-0.15, -0.1) is 35.3 Å². The number of thiophene rings is 1. The summed E-state index contributed by atoms with van der Waals surface area (Å²) in [5, 5.41) is 1.35. The molecule has 0 bridgehead atoms. The summed E-state index contributed by atoms with van der Waals surface area (Å²) < 4.78 is 1.28. The smallest absolute Gasteiger partial charge is 0.0538 e. The highest BCUT2D eigenvalue weighted by Crippen LogP contribution is 2.38. The summed E-state index contributed by atoms with van der Waals surface area (Å²) in [6.45, 7) is 6.50. The van der Waals surface area contributed by atoms with Gasteiger partial charge in [-0.3, -0.25) is 4.98 Å². The van der Waals surface area contributed by atoms with Crippen molar-refractivity contribution in [2.75, 3.05) is 0 Å². The van der Waals surface area contributed by atoms with Gasteiger partial charge in [0.15, 0.2) is 0 Å². The molecule has 0 aliphatic rings. The molecule has 0 saturated heterocycles. The summed E-state index contributed by atoms with van der Waals surface area (Å²) in [6.07, 6.45) is 15.5. The van der Waals surface area contributed by atoms with Crippen molar-refractivity contribution in [1.82, 2.24) is 4.98 Å². The van der Waals surface area contributed by atoms with Crippen LogP contribution in [0.25, 0.3) is 21.7 Å². The minimum atomic E-state index is 0. The van der Waals surface area contributed by atoms with Gasteiger partial charge in [0.25, 0.3) is 0 Å². The number of aromatic nitrogens is 1. The Morgan fingerprint density at radius 1 is 1.29 bits per heavy atom. The number of fused-ring (bicyclic) bond motifs is 1. The van der Waals surface area contributed by atoms with Crippen molar-refractivity contribution in [2.45, 2.75) is 46.5 Å². The second-order valence-electron chi connectivity index (χ2n) is 4.98. The van der Waals surface area contributed by atoms with Gasteiger partial charge in [-0.1, -0.05) is 31.9 Å². The van der Waals surface area contributed by atoms with Gasteiger partial charge >= 0.3 is 0 Å². The molecule has 0 unspecified atom stereocenters. The maximum absolute atomic E-state index is 4.25. The molecule has 0 N–H and O–H groups in total. The zero-order chi connectivity index (χ0) is 14.4. The summed E-state index contributed by atoms with van der Waals surface area (Å²) in [4.78, 5) is 5.62. The molecule has 114 valence electrons. The fourth-order valence-corrected chi connectivity index (χ4v) is 3.73. The number of pyridine rings is 1. The van der Waals surface area contributed by atoms with Crippen molar-refractivity contribution in [2.24, 2.45) is 0 Å². The second-order valence-corrected chi connectivity index (χ2v) is 6.07. The van der Waals surface area contributed by atoms with E-state index in [-0.39, 0.29) is 24.0 Å². The van der Waals surface area contributed by atoms with Crippen LogP contribution in [-0.2, 0) is 0 Å². The number of unbranched alkanes of at least 4 members (excludes halogenated alkanes) is 2. The fraction of sp³-hybridized carbons (Fsp3) is 0.389. The minimum Gasteiger partial charge on any atom is -0.263 e. The molecule has 2 aromatic rings. The average Bonchev–Trinajstić information content (AvgIpc) is 2.82. The Morgan fingerprint density at radius 3 is 2.76 bits per heavy atom. The Balaban J connectivity index is 0.00000220. The van der Waals surface area contributed by atoms with Crippen LogP contribution < -0.4 is 0 Å². The molecule has 0 spiro atoms. The predicted molar refractivity (Wildman–Crippen MR) is 108 cm³/mol. The molecule has 2 heterocycles. The van der Waals surface area contributed by atoms with Gasteiger partial charge < -0.3 is 0 Å². The van der Waals surface area contributed by atoms with E-state index in [1.165, 1.54) is 51.8 Å². The van der Waals surface area contributed by atoms with Crippen molar-refractivity contribution in [1.29, 1.82) is 0 Å². The molecule has 3 heteroatoms. The molecule has 2 aromatic heterocycles. The normalized spacial score (nSPS) is 12.0. The van der Waals surface area contributed by atoms with Crippen molar-refractivity contribution in [3.05, 3.63) is 41.1 Å². The Labute approximate surface area is 149 Å². The first-order valence-corrected chi connectivity index (χ1v) is 8.28. The van der Waals surface area contributed by atoms with Crippen LogP contribution in [0.1, 0.15) is 56.9 Å². The molecule has 2 rings (SSSR count). The first kappa shape index (κ1) is 18.4. The van der Waals surface area contributed by atoms with E-state index in [0.29, 0.717) is 0 Å². The Hall–Kier alpha value is -0.680. The third-order valence-electron chi connectivity index (χ3n) is 3.56. The van der Waals surface area contributed by atoms with Gasteiger partial charge in [0.05, 0.1) is 4.70 Å². The third-order valence-corrected chi connectivity index (χ3v) is 4.66. The summed E-state index contributed by atoms with van der Waals surface area (Å²) in [6, 6.07) is 2.15. The number of hydrogen-bond donors (Lipinski definition) is 0. The molecule has 21 heavy (non-hydrogen) atoms. The lowest BCUT2D eigenvalue weighted by molar-refractivity contribution is 0.735. The lowest BCUT2D eigenvalue weighted by atomic mass is 9.97. The van der Waals surface area contributed by atoms with E-state index in [1.807, 2.05) is 23.7 Å². The van der Waals surface area contributed by atoms with Crippen molar-refractivity contribution in [3.8, 4) is 0 Å². The monoisotopic (exact) mass is 413 g/mol. The molecule has 0 aliphatic heterocycles. The zero-order valence-corrected chi connectivity index (χ0v) is 16.2. The number of allylic oxidation sites excluding steroid dienone is 3. The molecular formula is C18H24INS. The maximum atomic E-state index is 4.25. The summed E-state index contributed by atoms with van der Waals surface area (Å²) in [5.41, 5.74) is 2.90. The summed E-state index contributed by atoms with van der Waals surface area (Å²) in [7, 11) is 0. The number of hydrogen-bond acceptors (Lipinski definition) is 2. The first-order chi connectivity index (χ1) is 9.81. The molecule has 1 nitrogen and oxygen atoms in total. The SMILES string of the molecule is CC=Cc1sc2cnccc2c1C(=CC)CCCCC.I. The highest BCUT2D eigenvalue weighted by Gasteiger charge is 2.13. The van der Waals surface area contributed by atoms with Crippen LogP contribution in [0.15, 0.2) is 30.6 Å².